The summed E-state index contributed by atoms with van der Waals surface area (Å²) in [4.78, 5) is 6.25. The van der Waals surface area contributed by atoms with Crippen molar-refractivity contribution in [1.29, 1.82) is 5.26 Å². The van der Waals surface area contributed by atoms with E-state index in [1.54, 1.807) is 32.8 Å². The number of rotatable bonds is 2. The van der Waals surface area contributed by atoms with Crippen LogP contribution in [0.5, 0.6) is 0 Å². The van der Waals surface area contributed by atoms with Crippen LogP contribution in [0.3, 0.4) is 0 Å². The molecule has 0 aromatic carbocycles. The fourth-order valence-corrected chi connectivity index (χ4v) is 4.72. The van der Waals surface area contributed by atoms with E-state index in [1.807, 2.05) is 27.7 Å². The standard InChI is InChI=1S/C19H33FN3O2/c1-15(2)10-9-11-16(3,4)23(15)25-19(13-21)14(20)12-17(5,6)22(24)18(19,7)8/h14H,9-12H2,1-8H3. The molecule has 2 unspecified atom stereocenters. The minimum atomic E-state index is -1.85. The summed E-state index contributed by atoms with van der Waals surface area (Å²) in [6, 6.07) is 2.07. The maximum Gasteiger partial charge on any atom is 0.226 e. The largest absolute Gasteiger partial charge is 0.271 e. The summed E-state index contributed by atoms with van der Waals surface area (Å²) in [5.74, 6) is 0. The van der Waals surface area contributed by atoms with E-state index in [1.165, 1.54) is 0 Å². The maximum atomic E-state index is 15.4. The van der Waals surface area contributed by atoms with Crippen LogP contribution in [0.4, 0.5) is 4.39 Å². The minimum Gasteiger partial charge on any atom is -0.271 e. The lowest BCUT2D eigenvalue weighted by Gasteiger charge is -2.60. The highest BCUT2D eigenvalue weighted by atomic mass is 19.1. The highest BCUT2D eigenvalue weighted by Crippen LogP contribution is 2.50. The van der Waals surface area contributed by atoms with E-state index in [2.05, 4.69) is 6.07 Å². The number of hydrogen-bond acceptors (Lipinski definition) is 4. The molecule has 0 N–H and O–H groups in total. The number of hydrogen-bond donors (Lipinski definition) is 0. The Labute approximate surface area is 151 Å². The fourth-order valence-electron chi connectivity index (χ4n) is 4.72. The van der Waals surface area contributed by atoms with Crippen molar-refractivity contribution in [2.75, 3.05) is 0 Å². The van der Waals surface area contributed by atoms with Crippen molar-refractivity contribution in [1.82, 2.24) is 10.1 Å². The topological polar surface area (TPSA) is 59.4 Å². The van der Waals surface area contributed by atoms with E-state index in [0.717, 1.165) is 24.3 Å². The lowest BCUT2D eigenvalue weighted by atomic mass is 9.70. The monoisotopic (exact) mass is 354 g/mol. The molecule has 2 saturated heterocycles. The van der Waals surface area contributed by atoms with Crippen LogP contribution in [0.1, 0.15) is 81.1 Å². The highest BCUT2D eigenvalue weighted by molar-refractivity contribution is 5.23. The van der Waals surface area contributed by atoms with Crippen molar-refractivity contribution >= 4 is 0 Å². The Morgan fingerprint density at radius 1 is 1.00 bits per heavy atom. The second-order valence-electron chi connectivity index (χ2n) is 10.0. The van der Waals surface area contributed by atoms with Gasteiger partial charge in [-0.2, -0.15) is 10.3 Å². The van der Waals surface area contributed by atoms with E-state index < -0.39 is 22.9 Å². The average Bonchev–Trinajstić information content (AvgIpc) is 2.43. The van der Waals surface area contributed by atoms with Crippen LogP contribution in [0.25, 0.3) is 0 Å². The predicted molar refractivity (Wildman–Crippen MR) is 93.5 cm³/mol. The van der Waals surface area contributed by atoms with Crippen molar-refractivity contribution in [2.45, 2.75) is 115 Å². The average molecular weight is 354 g/mol. The molecule has 0 aromatic rings. The SMILES string of the molecule is CC1(C)CCCC(C)(C)N1OC1(C#N)C(F)CC(C)(C)N([O])C1(C)C. The number of hydroxylamine groups is 4. The van der Waals surface area contributed by atoms with Crippen LogP contribution < -0.4 is 0 Å². The summed E-state index contributed by atoms with van der Waals surface area (Å²) in [5, 5.41) is 25.6. The lowest BCUT2D eigenvalue weighted by molar-refractivity contribution is -0.404. The van der Waals surface area contributed by atoms with Crippen LogP contribution in [0, 0.1) is 11.3 Å². The minimum absolute atomic E-state index is 0.0395. The third-order valence-electron chi connectivity index (χ3n) is 6.16. The molecule has 2 aliphatic rings. The van der Waals surface area contributed by atoms with E-state index in [-0.39, 0.29) is 17.5 Å². The summed E-state index contributed by atoms with van der Waals surface area (Å²) in [6.45, 7) is 14.8. The van der Waals surface area contributed by atoms with Gasteiger partial charge in [0.1, 0.15) is 12.2 Å². The molecular formula is C19H33FN3O2. The summed E-state index contributed by atoms with van der Waals surface area (Å²) in [5.41, 5.74) is -4.76. The molecule has 0 aliphatic carbocycles. The first-order valence-corrected chi connectivity index (χ1v) is 9.16. The maximum absolute atomic E-state index is 15.4. The molecule has 2 rings (SSSR count). The molecule has 25 heavy (non-hydrogen) atoms. The molecule has 2 aliphatic heterocycles. The quantitative estimate of drug-likeness (QED) is 0.747. The molecule has 2 fully saturated rings. The number of nitriles is 1. The second kappa shape index (κ2) is 5.88. The zero-order valence-corrected chi connectivity index (χ0v) is 16.9. The summed E-state index contributed by atoms with van der Waals surface area (Å²) in [6.07, 6.45) is 1.23. The first-order valence-electron chi connectivity index (χ1n) is 9.16. The Bertz CT molecular complexity index is 552. The zero-order chi connectivity index (χ0) is 19.5. The van der Waals surface area contributed by atoms with Crippen molar-refractivity contribution in [3.05, 3.63) is 0 Å². The van der Waals surface area contributed by atoms with Crippen molar-refractivity contribution in [3.8, 4) is 6.07 Å². The van der Waals surface area contributed by atoms with Gasteiger partial charge in [-0.15, -0.1) is 10.3 Å². The molecule has 2 heterocycles. The van der Waals surface area contributed by atoms with Gasteiger partial charge >= 0.3 is 0 Å². The molecule has 6 heteroatoms. The Morgan fingerprint density at radius 2 is 1.48 bits per heavy atom. The van der Waals surface area contributed by atoms with Crippen LogP contribution in [0.15, 0.2) is 0 Å². The van der Waals surface area contributed by atoms with Crippen LogP contribution in [-0.4, -0.2) is 44.1 Å². The molecule has 0 aromatic heterocycles. The fraction of sp³-hybridized carbons (Fsp3) is 0.947. The molecule has 0 saturated carbocycles. The predicted octanol–water partition coefficient (Wildman–Crippen LogP) is 4.17. The Kier molecular flexibility index (Phi) is 4.84. The lowest BCUT2D eigenvalue weighted by Crippen LogP contribution is -2.76. The van der Waals surface area contributed by atoms with E-state index in [0.29, 0.717) is 0 Å². The smallest absolute Gasteiger partial charge is 0.226 e. The molecule has 0 bridgehead atoms. The van der Waals surface area contributed by atoms with Gasteiger partial charge in [0.2, 0.25) is 5.60 Å². The summed E-state index contributed by atoms with van der Waals surface area (Å²) < 4.78 is 15.4. The molecule has 0 amide bonds. The zero-order valence-electron chi connectivity index (χ0n) is 16.9. The Morgan fingerprint density at radius 3 is 1.92 bits per heavy atom. The Hall–Kier alpha value is -0.740. The summed E-state index contributed by atoms with van der Waals surface area (Å²) >= 11 is 0. The highest BCUT2D eigenvalue weighted by Gasteiger charge is 2.67. The van der Waals surface area contributed by atoms with Gasteiger partial charge in [0.15, 0.2) is 0 Å². The molecule has 5 nitrogen and oxygen atoms in total. The van der Waals surface area contributed by atoms with Gasteiger partial charge in [0.05, 0.1) is 5.54 Å². The number of alkyl halides is 1. The number of halogens is 1. The third kappa shape index (κ3) is 2.99. The van der Waals surface area contributed by atoms with Gasteiger partial charge in [0, 0.05) is 23.0 Å². The first-order chi connectivity index (χ1) is 11.1. The van der Waals surface area contributed by atoms with Gasteiger partial charge in [-0.05, 0) is 74.7 Å². The molecule has 2 atom stereocenters. The van der Waals surface area contributed by atoms with Crippen LogP contribution >= 0.6 is 0 Å². The van der Waals surface area contributed by atoms with Gasteiger partial charge in [-0.25, -0.2) is 4.39 Å². The second-order valence-corrected chi connectivity index (χ2v) is 10.0. The van der Waals surface area contributed by atoms with Crippen LogP contribution in [0.2, 0.25) is 0 Å². The van der Waals surface area contributed by atoms with E-state index >= 15 is 4.39 Å². The van der Waals surface area contributed by atoms with Crippen LogP contribution in [-0.2, 0) is 10.0 Å². The van der Waals surface area contributed by atoms with Crippen molar-refractivity contribution < 1.29 is 14.4 Å². The number of piperidine rings is 2. The van der Waals surface area contributed by atoms with Crippen molar-refractivity contribution in [2.24, 2.45) is 0 Å². The van der Waals surface area contributed by atoms with Gasteiger partial charge < -0.3 is 0 Å². The summed E-state index contributed by atoms with van der Waals surface area (Å²) in [7, 11) is 0. The molecule has 1 radical (unpaired) electrons. The molecule has 0 spiro atoms. The normalized spacial score (nSPS) is 37.4. The van der Waals surface area contributed by atoms with Crippen molar-refractivity contribution in [3.63, 3.8) is 0 Å². The Balaban J connectivity index is 2.51. The van der Waals surface area contributed by atoms with Gasteiger partial charge in [-0.1, -0.05) is 0 Å². The molecule has 143 valence electrons. The molecular weight excluding hydrogens is 321 g/mol. The number of nitrogens with zero attached hydrogens (tertiary/aromatic N) is 3. The first kappa shape index (κ1) is 20.6. The third-order valence-corrected chi connectivity index (χ3v) is 6.16. The van der Waals surface area contributed by atoms with Gasteiger partial charge in [0.25, 0.3) is 0 Å². The van der Waals surface area contributed by atoms with Gasteiger partial charge in [-0.3, -0.25) is 4.84 Å². The van der Waals surface area contributed by atoms with E-state index in [4.69, 9.17) is 4.84 Å². The van der Waals surface area contributed by atoms with E-state index in [9.17, 15) is 10.5 Å².